The summed E-state index contributed by atoms with van der Waals surface area (Å²) < 4.78 is 9.72. The van der Waals surface area contributed by atoms with Crippen LogP contribution in [0.2, 0.25) is 0 Å². The van der Waals surface area contributed by atoms with E-state index in [-0.39, 0.29) is 11.6 Å². The minimum atomic E-state index is -0.307. The van der Waals surface area contributed by atoms with Crippen LogP contribution in [0.3, 0.4) is 0 Å². The molecule has 0 atom stereocenters. The van der Waals surface area contributed by atoms with Crippen molar-refractivity contribution in [3.05, 3.63) is 42.6 Å². The van der Waals surface area contributed by atoms with E-state index in [1.807, 2.05) is 0 Å². The number of oxazole rings is 1. The molecule has 0 aliphatic heterocycles. The number of anilines is 1. The van der Waals surface area contributed by atoms with Crippen molar-refractivity contribution in [2.45, 2.75) is 0 Å². The quantitative estimate of drug-likeness (QED) is 0.854. The molecule has 2 aromatic rings. The molecule has 16 heavy (non-hydrogen) atoms. The van der Waals surface area contributed by atoms with Crippen molar-refractivity contribution in [2.75, 3.05) is 12.4 Å². The third kappa shape index (κ3) is 2.20. The molecule has 2 rings (SSSR count). The summed E-state index contributed by atoms with van der Waals surface area (Å²) in [5.74, 6) is 0.429. The van der Waals surface area contributed by atoms with Crippen LogP contribution in [0.4, 0.5) is 5.69 Å². The molecule has 0 spiro atoms. The van der Waals surface area contributed by atoms with Gasteiger partial charge in [0.15, 0.2) is 12.1 Å². The Morgan fingerprint density at radius 2 is 2.12 bits per heavy atom. The number of hydrogen-bond acceptors (Lipinski definition) is 4. The second-order valence-electron chi connectivity index (χ2n) is 3.06. The van der Waals surface area contributed by atoms with E-state index in [2.05, 4.69) is 10.3 Å². The summed E-state index contributed by atoms with van der Waals surface area (Å²) in [4.78, 5) is 15.3. The summed E-state index contributed by atoms with van der Waals surface area (Å²) in [6, 6.07) is 7.02. The van der Waals surface area contributed by atoms with Crippen LogP contribution < -0.4 is 10.1 Å². The number of methoxy groups -OCH3 is 1. The van der Waals surface area contributed by atoms with Crippen molar-refractivity contribution in [1.29, 1.82) is 0 Å². The SMILES string of the molecule is COc1ccc(NC(=O)c2cocn2)cc1. The highest BCUT2D eigenvalue weighted by Crippen LogP contribution is 2.15. The molecule has 0 fully saturated rings. The summed E-state index contributed by atoms with van der Waals surface area (Å²) in [5, 5.41) is 2.68. The van der Waals surface area contributed by atoms with Crippen molar-refractivity contribution in [1.82, 2.24) is 4.98 Å². The number of ether oxygens (including phenoxy) is 1. The van der Waals surface area contributed by atoms with E-state index in [0.717, 1.165) is 5.75 Å². The first-order valence-electron chi connectivity index (χ1n) is 4.63. The predicted molar refractivity (Wildman–Crippen MR) is 57.5 cm³/mol. The molecule has 5 heteroatoms. The van der Waals surface area contributed by atoms with Crippen LogP contribution in [0.15, 0.2) is 41.3 Å². The van der Waals surface area contributed by atoms with E-state index in [9.17, 15) is 4.79 Å². The highest BCUT2D eigenvalue weighted by molar-refractivity contribution is 6.02. The zero-order valence-electron chi connectivity index (χ0n) is 8.64. The summed E-state index contributed by atoms with van der Waals surface area (Å²) >= 11 is 0. The Labute approximate surface area is 92.1 Å². The molecule has 0 saturated carbocycles. The molecular weight excluding hydrogens is 208 g/mol. The monoisotopic (exact) mass is 218 g/mol. The second-order valence-corrected chi connectivity index (χ2v) is 3.06. The predicted octanol–water partition coefficient (Wildman–Crippen LogP) is 1.94. The van der Waals surface area contributed by atoms with Gasteiger partial charge in [0.25, 0.3) is 5.91 Å². The van der Waals surface area contributed by atoms with Crippen molar-refractivity contribution in [2.24, 2.45) is 0 Å². The first kappa shape index (κ1) is 10.2. The molecule has 0 aliphatic carbocycles. The number of hydrogen-bond donors (Lipinski definition) is 1. The van der Waals surface area contributed by atoms with Gasteiger partial charge in [0, 0.05) is 5.69 Å². The van der Waals surface area contributed by atoms with Crippen molar-refractivity contribution >= 4 is 11.6 Å². The normalized spacial score (nSPS) is 9.81. The fraction of sp³-hybridized carbons (Fsp3) is 0.0909. The average Bonchev–Trinajstić information content (AvgIpc) is 2.83. The molecule has 1 aromatic heterocycles. The lowest BCUT2D eigenvalue weighted by Gasteiger charge is -2.04. The van der Waals surface area contributed by atoms with Gasteiger partial charge in [0.1, 0.15) is 12.0 Å². The number of nitrogens with one attached hydrogen (secondary N) is 1. The molecule has 0 radical (unpaired) electrons. The van der Waals surface area contributed by atoms with Gasteiger partial charge in [-0.15, -0.1) is 0 Å². The molecule has 82 valence electrons. The number of rotatable bonds is 3. The molecule has 0 saturated heterocycles. The number of aromatic nitrogens is 1. The van der Waals surface area contributed by atoms with Crippen LogP contribution in [0.5, 0.6) is 5.75 Å². The van der Waals surface area contributed by atoms with Gasteiger partial charge >= 0.3 is 0 Å². The lowest BCUT2D eigenvalue weighted by atomic mass is 10.3. The Hall–Kier alpha value is -2.30. The Morgan fingerprint density at radius 3 is 2.69 bits per heavy atom. The lowest BCUT2D eigenvalue weighted by Crippen LogP contribution is -2.11. The lowest BCUT2D eigenvalue weighted by molar-refractivity contribution is 0.102. The number of amides is 1. The van der Waals surface area contributed by atoms with E-state index >= 15 is 0 Å². The zero-order valence-corrected chi connectivity index (χ0v) is 8.64. The van der Waals surface area contributed by atoms with Gasteiger partial charge < -0.3 is 14.5 Å². The van der Waals surface area contributed by atoms with Crippen LogP contribution in [-0.2, 0) is 0 Å². The van der Waals surface area contributed by atoms with E-state index < -0.39 is 0 Å². The van der Waals surface area contributed by atoms with Gasteiger partial charge in [-0.3, -0.25) is 4.79 Å². The summed E-state index contributed by atoms with van der Waals surface area (Å²) in [6.07, 6.45) is 2.50. The standard InChI is InChI=1S/C11H10N2O3/c1-15-9-4-2-8(3-5-9)13-11(14)10-6-16-7-12-10/h2-7H,1H3,(H,13,14). The molecule has 1 aromatic carbocycles. The Bertz CT molecular complexity index is 462. The third-order valence-corrected chi connectivity index (χ3v) is 2.01. The van der Waals surface area contributed by atoms with Crippen molar-refractivity contribution in [3.8, 4) is 5.75 Å². The average molecular weight is 218 g/mol. The summed E-state index contributed by atoms with van der Waals surface area (Å²) in [7, 11) is 1.59. The van der Waals surface area contributed by atoms with Crippen molar-refractivity contribution < 1.29 is 13.9 Å². The first-order chi connectivity index (χ1) is 7.79. The van der Waals surface area contributed by atoms with Gasteiger partial charge in [0.05, 0.1) is 7.11 Å². The fourth-order valence-electron chi connectivity index (χ4n) is 1.19. The highest BCUT2D eigenvalue weighted by atomic mass is 16.5. The van der Waals surface area contributed by atoms with Crippen molar-refractivity contribution in [3.63, 3.8) is 0 Å². The van der Waals surface area contributed by atoms with Gasteiger partial charge in [-0.05, 0) is 24.3 Å². The molecular formula is C11H10N2O3. The Kier molecular flexibility index (Phi) is 2.86. The maximum absolute atomic E-state index is 11.6. The molecule has 0 unspecified atom stereocenters. The second kappa shape index (κ2) is 4.48. The van der Waals surface area contributed by atoms with Crippen LogP contribution in [0.1, 0.15) is 10.5 Å². The van der Waals surface area contributed by atoms with Crippen LogP contribution in [0, 0.1) is 0 Å². The van der Waals surface area contributed by atoms with Crippen LogP contribution in [0.25, 0.3) is 0 Å². The van der Waals surface area contributed by atoms with Crippen LogP contribution in [-0.4, -0.2) is 18.0 Å². The minimum Gasteiger partial charge on any atom is -0.497 e. The van der Waals surface area contributed by atoms with Gasteiger partial charge in [0.2, 0.25) is 0 Å². The number of carbonyl (C=O) groups is 1. The zero-order chi connectivity index (χ0) is 11.4. The van der Waals surface area contributed by atoms with E-state index in [1.54, 1.807) is 31.4 Å². The van der Waals surface area contributed by atoms with Gasteiger partial charge in [-0.2, -0.15) is 0 Å². The van der Waals surface area contributed by atoms with Gasteiger partial charge in [-0.25, -0.2) is 4.98 Å². The smallest absolute Gasteiger partial charge is 0.277 e. The van der Waals surface area contributed by atoms with Crippen LogP contribution >= 0.6 is 0 Å². The largest absolute Gasteiger partial charge is 0.497 e. The molecule has 0 bridgehead atoms. The van der Waals surface area contributed by atoms with Gasteiger partial charge in [-0.1, -0.05) is 0 Å². The minimum absolute atomic E-state index is 0.246. The maximum Gasteiger partial charge on any atom is 0.277 e. The molecule has 1 amide bonds. The Balaban J connectivity index is 2.06. The number of benzene rings is 1. The maximum atomic E-state index is 11.6. The highest BCUT2D eigenvalue weighted by Gasteiger charge is 2.08. The molecule has 0 aliphatic rings. The number of nitrogens with zero attached hydrogens (tertiary/aromatic N) is 1. The Morgan fingerprint density at radius 1 is 1.38 bits per heavy atom. The molecule has 1 N–H and O–H groups in total. The topological polar surface area (TPSA) is 64.4 Å². The summed E-state index contributed by atoms with van der Waals surface area (Å²) in [6.45, 7) is 0. The number of carbonyl (C=O) groups excluding carboxylic acids is 1. The molecule has 5 nitrogen and oxygen atoms in total. The van der Waals surface area contributed by atoms with E-state index in [1.165, 1.54) is 12.7 Å². The van der Waals surface area contributed by atoms with E-state index in [4.69, 9.17) is 9.15 Å². The first-order valence-corrected chi connectivity index (χ1v) is 4.63. The summed E-state index contributed by atoms with van der Waals surface area (Å²) in [5.41, 5.74) is 0.921. The fourth-order valence-corrected chi connectivity index (χ4v) is 1.19. The third-order valence-electron chi connectivity index (χ3n) is 2.01. The molecule has 1 heterocycles. The van der Waals surface area contributed by atoms with E-state index in [0.29, 0.717) is 5.69 Å².